The first-order valence-electron chi connectivity index (χ1n) is 3.18. The molecule has 1 aromatic heterocycles. The maximum Gasteiger partial charge on any atom is 0.110 e. The molecule has 0 radical (unpaired) electrons. The Bertz CT molecular complexity index is 242. The molecule has 0 saturated carbocycles. The molecular formula is C7H8BrFN2. The molecule has 0 amide bonds. The van der Waals surface area contributed by atoms with E-state index in [1.54, 1.807) is 18.2 Å². The van der Waals surface area contributed by atoms with E-state index in [0.29, 0.717) is 10.3 Å². The maximum absolute atomic E-state index is 12.0. The van der Waals surface area contributed by atoms with E-state index in [0.717, 1.165) is 0 Å². The molecule has 1 aromatic rings. The van der Waals surface area contributed by atoms with Gasteiger partial charge in [0.25, 0.3) is 0 Å². The molecule has 0 fully saturated rings. The normalized spacial score (nSPS) is 13.0. The number of aromatic nitrogens is 1. The summed E-state index contributed by atoms with van der Waals surface area (Å²) in [6.45, 7) is -0.580. The van der Waals surface area contributed by atoms with Gasteiger partial charge in [-0.2, -0.15) is 0 Å². The van der Waals surface area contributed by atoms with Crippen LogP contribution in [0.3, 0.4) is 0 Å². The zero-order valence-electron chi connectivity index (χ0n) is 5.80. The number of hydrogen-bond donors (Lipinski definition) is 1. The molecule has 0 aliphatic rings. The lowest BCUT2D eigenvalue weighted by Crippen LogP contribution is -2.13. The summed E-state index contributed by atoms with van der Waals surface area (Å²) < 4.78 is 12.7. The van der Waals surface area contributed by atoms with Gasteiger partial charge >= 0.3 is 0 Å². The number of nitrogens with zero attached hydrogens (tertiary/aromatic N) is 1. The minimum absolute atomic E-state index is 0.571. The summed E-state index contributed by atoms with van der Waals surface area (Å²) in [4.78, 5) is 4.00. The number of halogens is 2. The van der Waals surface area contributed by atoms with Crippen LogP contribution in [0.1, 0.15) is 11.7 Å². The molecule has 4 heteroatoms. The highest BCUT2D eigenvalue weighted by molar-refractivity contribution is 9.10. The minimum Gasteiger partial charge on any atom is -0.321 e. The second kappa shape index (κ2) is 3.78. The lowest BCUT2D eigenvalue weighted by molar-refractivity contribution is 0.432. The van der Waals surface area contributed by atoms with Crippen LogP contribution in [0.15, 0.2) is 22.8 Å². The monoisotopic (exact) mass is 218 g/mol. The third kappa shape index (κ3) is 2.24. The van der Waals surface area contributed by atoms with Crippen molar-refractivity contribution in [1.82, 2.24) is 4.98 Å². The largest absolute Gasteiger partial charge is 0.321 e. The molecule has 0 aliphatic carbocycles. The second-order valence-electron chi connectivity index (χ2n) is 2.15. The summed E-state index contributed by atoms with van der Waals surface area (Å²) >= 11 is 3.17. The molecule has 1 heterocycles. The highest BCUT2D eigenvalue weighted by Crippen LogP contribution is 2.11. The Morgan fingerprint density at radius 3 is 2.91 bits per heavy atom. The zero-order chi connectivity index (χ0) is 8.27. The van der Waals surface area contributed by atoms with Crippen LogP contribution in [0.2, 0.25) is 0 Å². The highest BCUT2D eigenvalue weighted by atomic mass is 79.9. The molecule has 0 aliphatic heterocycles. The van der Waals surface area contributed by atoms with E-state index in [1.165, 1.54) is 0 Å². The molecule has 2 nitrogen and oxygen atoms in total. The van der Waals surface area contributed by atoms with E-state index in [9.17, 15) is 4.39 Å². The third-order valence-electron chi connectivity index (χ3n) is 1.28. The molecule has 0 saturated heterocycles. The molecular weight excluding hydrogens is 211 g/mol. The molecule has 0 spiro atoms. The van der Waals surface area contributed by atoms with Crippen LogP contribution in [0.5, 0.6) is 0 Å². The quantitative estimate of drug-likeness (QED) is 0.770. The molecule has 2 N–H and O–H groups in total. The number of nitrogens with two attached hydrogens (primary N) is 1. The first-order valence-corrected chi connectivity index (χ1v) is 3.97. The van der Waals surface area contributed by atoms with Crippen molar-refractivity contribution in [2.45, 2.75) is 6.04 Å². The van der Waals surface area contributed by atoms with Gasteiger partial charge in [0.2, 0.25) is 0 Å². The van der Waals surface area contributed by atoms with Crippen molar-refractivity contribution in [3.63, 3.8) is 0 Å². The Morgan fingerprint density at radius 1 is 1.64 bits per heavy atom. The first kappa shape index (κ1) is 8.62. The summed E-state index contributed by atoms with van der Waals surface area (Å²) in [7, 11) is 0. The van der Waals surface area contributed by atoms with Crippen molar-refractivity contribution >= 4 is 15.9 Å². The average Bonchev–Trinajstić information content (AvgIpc) is 2.03. The van der Waals surface area contributed by atoms with E-state index < -0.39 is 12.7 Å². The Balaban J connectivity index is 2.86. The second-order valence-corrected chi connectivity index (χ2v) is 2.96. The van der Waals surface area contributed by atoms with Crippen LogP contribution < -0.4 is 5.73 Å². The van der Waals surface area contributed by atoms with Crippen molar-refractivity contribution in [3.05, 3.63) is 28.5 Å². The van der Waals surface area contributed by atoms with Gasteiger partial charge < -0.3 is 5.73 Å². The molecule has 1 atom stereocenters. The number of pyridine rings is 1. The van der Waals surface area contributed by atoms with Gasteiger partial charge in [-0.05, 0) is 28.1 Å². The summed E-state index contributed by atoms with van der Waals surface area (Å²) in [6.07, 6.45) is 0. The lowest BCUT2D eigenvalue weighted by Gasteiger charge is -2.05. The van der Waals surface area contributed by atoms with Gasteiger partial charge in [-0.1, -0.05) is 6.07 Å². The smallest absolute Gasteiger partial charge is 0.110 e. The molecule has 1 rings (SSSR count). The van der Waals surface area contributed by atoms with Gasteiger partial charge in [0.05, 0.1) is 11.7 Å². The van der Waals surface area contributed by atoms with Crippen molar-refractivity contribution in [1.29, 1.82) is 0 Å². The standard InChI is InChI=1S/C7H8BrFN2/c8-7-3-1-2-6(11-7)5(10)4-9/h1-3,5H,4,10H2/t5-/m0/s1. The van der Waals surface area contributed by atoms with Crippen LogP contribution in [0, 0.1) is 0 Å². The summed E-state index contributed by atoms with van der Waals surface area (Å²) in [5.41, 5.74) is 5.98. The zero-order valence-corrected chi connectivity index (χ0v) is 7.38. The number of alkyl halides is 1. The van der Waals surface area contributed by atoms with E-state index in [1.807, 2.05) is 0 Å². The van der Waals surface area contributed by atoms with Gasteiger partial charge in [0.15, 0.2) is 0 Å². The van der Waals surface area contributed by atoms with E-state index >= 15 is 0 Å². The lowest BCUT2D eigenvalue weighted by atomic mass is 10.2. The van der Waals surface area contributed by atoms with Crippen LogP contribution in [-0.2, 0) is 0 Å². The summed E-state index contributed by atoms with van der Waals surface area (Å²) in [5.74, 6) is 0. The summed E-state index contributed by atoms with van der Waals surface area (Å²) in [6, 6.07) is 4.65. The van der Waals surface area contributed by atoms with Crippen molar-refractivity contribution in [3.8, 4) is 0 Å². The van der Waals surface area contributed by atoms with Crippen LogP contribution >= 0.6 is 15.9 Å². The van der Waals surface area contributed by atoms with Crippen molar-refractivity contribution in [2.24, 2.45) is 5.73 Å². The molecule has 11 heavy (non-hydrogen) atoms. The average molecular weight is 219 g/mol. The molecule has 60 valence electrons. The Morgan fingerprint density at radius 2 is 2.36 bits per heavy atom. The Labute approximate surface area is 72.8 Å². The van der Waals surface area contributed by atoms with Crippen molar-refractivity contribution in [2.75, 3.05) is 6.67 Å². The van der Waals surface area contributed by atoms with Crippen LogP contribution in [0.4, 0.5) is 4.39 Å². The van der Waals surface area contributed by atoms with E-state index in [-0.39, 0.29) is 0 Å². The van der Waals surface area contributed by atoms with Gasteiger partial charge in [0, 0.05) is 0 Å². The maximum atomic E-state index is 12.0. The fourth-order valence-electron chi connectivity index (χ4n) is 0.710. The van der Waals surface area contributed by atoms with E-state index in [2.05, 4.69) is 20.9 Å². The highest BCUT2D eigenvalue weighted by Gasteiger charge is 2.05. The Hall–Kier alpha value is -0.480. The predicted molar refractivity (Wildman–Crippen MR) is 44.8 cm³/mol. The number of rotatable bonds is 2. The summed E-state index contributed by atoms with van der Waals surface area (Å²) in [5, 5.41) is 0. The van der Waals surface area contributed by atoms with Gasteiger partial charge in [-0.15, -0.1) is 0 Å². The predicted octanol–water partition coefficient (Wildman–Crippen LogP) is 1.81. The SMILES string of the molecule is N[C@@H](CF)c1cccc(Br)n1. The van der Waals surface area contributed by atoms with Gasteiger partial charge in [-0.25, -0.2) is 9.37 Å². The topological polar surface area (TPSA) is 38.9 Å². The Kier molecular flexibility index (Phi) is 2.96. The van der Waals surface area contributed by atoms with Crippen LogP contribution in [0.25, 0.3) is 0 Å². The number of hydrogen-bond acceptors (Lipinski definition) is 2. The van der Waals surface area contributed by atoms with Crippen LogP contribution in [-0.4, -0.2) is 11.7 Å². The molecule has 0 bridgehead atoms. The first-order chi connectivity index (χ1) is 5.24. The fraction of sp³-hybridized carbons (Fsp3) is 0.286. The third-order valence-corrected chi connectivity index (χ3v) is 1.72. The fourth-order valence-corrected chi connectivity index (χ4v) is 1.07. The molecule has 0 aromatic carbocycles. The molecule has 0 unspecified atom stereocenters. The van der Waals surface area contributed by atoms with Crippen molar-refractivity contribution < 1.29 is 4.39 Å². The minimum atomic E-state index is -0.604. The van der Waals surface area contributed by atoms with Gasteiger partial charge in [-0.3, -0.25) is 0 Å². The van der Waals surface area contributed by atoms with Gasteiger partial charge in [0.1, 0.15) is 11.3 Å². The van der Waals surface area contributed by atoms with E-state index in [4.69, 9.17) is 5.73 Å².